The van der Waals surface area contributed by atoms with E-state index in [-0.39, 0.29) is 20.6 Å². The lowest BCUT2D eigenvalue weighted by Gasteiger charge is -2.04. The highest BCUT2D eigenvalue weighted by molar-refractivity contribution is 8.14. The molecule has 120 valence electrons. The van der Waals surface area contributed by atoms with Crippen LogP contribution in [0.2, 0.25) is 0 Å². The molecule has 1 atom stereocenters. The first kappa shape index (κ1) is 17.4. The maximum atomic E-state index is 12.7. The Morgan fingerprint density at radius 3 is 2.70 bits per heavy atom. The quantitative estimate of drug-likeness (QED) is 0.832. The molecule has 0 N–H and O–H groups in total. The minimum atomic E-state index is -4.47. The number of alkyl halides is 3. The zero-order valence-corrected chi connectivity index (χ0v) is 13.3. The van der Waals surface area contributed by atoms with Crippen molar-refractivity contribution in [3.05, 3.63) is 28.8 Å². The largest absolute Gasteiger partial charge is 0.416 e. The molecule has 2 rings (SSSR count). The SMILES string of the molecule is CC(=O)SCC(=O)[C@@H](C#N)c1nc2ccc(C(F)(F)F)cc2s1. The van der Waals surface area contributed by atoms with E-state index in [2.05, 4.69) is 4.98 Å². The second-order valence-electron chi connectivity index (χ2n) is 4.54. The number of carbonyl (C=O) groups excluding carboxylic acids is 2. The molecule has 2 aromatic rings. The number of benzene rings is 1. The van der Waals surface area contributed by atoms with Crippen molar-refractivity contribution in [2.75, 3.05) is 5.75 Å². The molecule has 0 radical (unpaired) electrons. The summed E-state index contributed by atoms with van der Waals surface area (Å²) >= 11 is 1.65. The van der Waals surface area contributed by atoms with Crippen LogP contribution >= 0.6 is 23.1 Å². The van der Waals surface area contributed by atoms with E-state index in [9.17, 15) is 22.8 Å². The maximum Gasteiger partial charge on any atom is 0.416 e. The van der Waals surface area contributed by atoms with Gasteiger partial charge in [-0.25, -0.2) is 4.98 Å². The molecule has 0 saturated heterocycles. The number of fused-ring (bicyclic) bond motifs is 1. The van der Waals surface area contributed by atoms with Crippen molar-refractivity contribution in [3.8, 4) is 6.07 Å². The van der Waals surface area contributed by atoms with E-state index in [0.717, 1.165) is 35.2 Å². The van der Waals surface area contributed by atoms with E-state index in [1.54, 1.807) is 6.07 Å². The Balaban J connectivity index is 2.33. The normalized spacial score (nSPS) is 12.8. The Morgan fingerprint density at radius 1 is 1.43 bits per heavy atom. The van der Waals surface area contributed by atoms with Gasteiger partial charge in [-0.05, 0) is 18.2 Å². The smallest absolute Gasteiger partial charge is 0.297 e. The maximum absolute atomic E-state index is 12.7. The Labute approximate surface area is 137 Å². The molecular weight excluding hydrogens is 349 g/mol. The van der Waals surface area contributed by atoms with Crippen molar-refractivity contribution in [1.29, 1.82) is 5.26 Å². The van der Waals surface area contributed by atoms with Gasteiger partial charge in [0.1, 0.15) is 5.01 Å². The van der Waals surface area contributed by atoms with Crippen LogP contribution in [-0.4, -0.2) is 21.6 Å². The highest BCUT2D eigenvalue weighted by Gasteiger charge is 2.31. The van der Waals surface area contributed by atoms with Crippen molar-refractivity contribution in [2.45, 2.75) is 19.0 Å². The molecule has 0 fully saturated rings. The van der Waals surface area contributed by atoms with E-state index >= 15 is 0 Å². The highest BCUT2D eigenvalue weighted by Crippen LogP contribution is 2.34. The number of ketones is 1. The molecule has 0 aliphatic carbocycles. The number of hydrogen-bond acceptors (Lipinski definition) is 6. The first-order valence-corrected chi connectivity index (χ1v) is 8.06. The zero-order chi connectivity index (χ0) is 17.2. The van der Waals surface area contributed by atoms with Crippen LogP contribution in [0.25, 0.3) is 10.2 Å². The minimum absolute atomic E-state index is 0.135. The Bertz CT molecular complexity index is 808. The summed E-state index contributed by atoms with van der Waals surface area (Å²) in [6.07, 6.45) is -4.47. The van der Waals surface area contributed by atoms with E-state index in [4.69, 9.17) is 5.26 Å². The number of rotatable bonds is 4. The van der Waals surface area contributed by atoms with Crippen molar-refractivity contribution >= 4 is 44.2 Å². The van der Waals surface area contributed by atoms with Crippen LogP contribution in [0.1, 0.15) is 23.4 Å². The fraction of sp³-hybridized carbons (Fsp3) is 0.286. The first-order chi connectivity index (χ1) is 10.7. The average Bonchev–Trinajstić information content (AvgIpc) is 2.87. The van der Waals surface area contributed by atoms with Gasteiger partial charge in [-0.1, -0.05) is 11.8 Å². The monoisotopic (exact) mass is 358 g/mol. The van der Waals surface area contributed by atoms with Gasteiger partial charge in [0.2, 0.25) is 0 Å². The molecule has 0 spiro atoms. The highest BCUT2D eigenvalue weighted by atomic mass is 32.2. The van der Waals surface area contributed by atoms with Crippen LogP contribution in [0, 0.1) is 11.3 Å². The van der Waals surface area contributed by atoms with Crippen LogP contribution in [-0.2, 0) is 15.8 Å². The van der Waals surface area contributed by atoms with Crippen molar-refractivity contribution < 1.29 is 22.8 Å². The lowest BCUT2D eigenvalue weighted by atomic mass is 10.1. The molecule has 0 saturated carbocycles. The minimum Gasteiger partial charge on any atom is -0.297 e. The molecular formula is C14H9F3N2O2S2. The van der Waals surface area contributed by atoms with Gasteiger partial charge in [-0.15, -0.1) is 11.3 Å². The van der Waals surface area contributed by atoms with Gasteiger partial charge in [-0.2, -0.15) is 18.4 Å². The van der Waals surface area contributed by atoms with Gasteiger partial charge in [-0.3, -0.25) is 9.59 Å². The Morgan fingerprint density at radius 2 is 2.13 bits per heavy atom. The third kappa shape index (κ3) is 4.09. The number of nitriles is 1. The standard InChI is InChI=1S/C14H9F3N2O2S2/c1-7(20)22-6-11(21)9(5-18)13-19-10-3-2-8(14(15,16)17)4-12(10)23-13/h2-4,9H,6H2,1H3/t9-/m1/s1. The third-order valence-electron chi connectivity index (χ3n) is 2.85. The molecule has 1 aromatic carbocycles. The van der Waals surface area contributed by atoms with Gasteiger partial charge >= 0.3 is 6.18 Å². The van der Waals surface area contributed by atoms with Crippen molar-refractivity contribution in [1.82, 2.24) is 4.98 Å². The van der Waals surface area contributed by atoms with Crippen LogP contribution < -0.4 is 0 Å². The van der Waals surface area contributed by atoms with Gasteiger partial charge in [0.25, 0.3) is 0 Å². The summed E-state index contributed by atoms with van der Waals surface area (Å²) in [6.45, 7) is 1.30. The predicted molar refractivity (Wildman–Crippen MR) is 81.1 cm³/mol. The lowest BCUT2D eigenvalue weighted by molar-refractivity contribution is -0.137. The molecule has 1 aromatic heterocycles. The van der Waals surface area contributed by atoms with E-state index in [1.807, 2.05) is 0 Å². The zero-order valence-electron chi connectivity index (χ0n) is 11.7. The summed E-state index contributed by atoms with van der Waals surface area (Å²) in [7, 11) is 0. The number of thioether (sulfide) groups is 1. The number of hydrogen-bond donors (Lipinski definition) is 0. The predicted octanol–water partition coefficient (Wildman–Crippen LogP) is 3.77. The second-order valence-corrected chi connectivity index (χ2v) is 6.76. The molecule has 0 unspecified atom stereocenters. The molecule has 0 bridgehead atoms. The molecule has 0 aliphatic heterocycles. The summed E-state index contributed by atoms with van der Waals surface area (Å²) in [5.41, 5.74) is -0.516. The molecule has 9 heteroatoms. The summed E-state index contributed by atoms with van der Waals surface area (Å²) < 4.78 is 38.3. The number of aromatic nitrogens is 1. The van der Waals surface area contributed by atoms with Crippen molar-refractivity contribution in [2.24, 2.45) is 0 Å². The van der Waals surface area contributed by atoms with Crippen LogP contribution in [0.5, 0.6) is 0 Å². The van der Waals surface area contributed by atoms with Crippen LogP contribution in [0.15, 0.2) is 18.2 Å². The van der Waals surface area contributed by atoms with E-state index < -0.39 is 23.4 Å². The van der Waals surface area contributed by atoms with Crippen LogP contribution in [0.3, 0.4) is 0 Å². The number of Topliss-reactive ketones (excluding diaryl/α,β-unsaturated/α-hetero) is 1. The van der Waals surface area contributed by atoms with E-state index in [1.165, 1.54) is 13.0 Å². The average molecular weight is 358 g/mol. The number of halogens is 3. The van der Waals surface area contributed by atoms with Gasteiger partial charge in [0.15, 0.2) is 16.8 Å². The van der Waals surface area contributed by atoms with Gasteiger partial charge in [0.05, 0.1) is 27.6 Å². The fourth-order valence-corrected chi connectivity index (χ4v) is 3.35. The molecule has 4 nitrogen and oxygen atoms in total. The summed E-state index contributed by atoms with van der Waals surface area (Å²) in [5.74, 6) is -1.85. The second kappa shape index (κ2) is 6.68. The summed E-state index contributed by atoms with van der Waals surface area (Å²) in [4.78, 5) is 26.9. The fourth-order valence-electron chi connectivity index (χ4n) is 1.76. The summed E-state index contributed by atoms with van der Waals surface area (Å²) in [5, 5.41) is 9.03. The topological polar surface area (TPSA) is 70.8 Å². The molecule has 0 aliphatic rings. The molecule has 0 amide bonds. The van der Waals surface area contributed by atoms with Gasteiger partial charge in [0, 0.05) is 6.92 Å². The van der Waals surface area contributed by atoms with E-state index in [0.29, 0.717) is 5.52 Å². The van der Waals surface area contributed by atoms with Gasteiger partial charge < -0.3 is 0 Å². The summed E-state index contributed by atoms with van der Waals surface area (Å²) in [6, 6.07) is 4.86. The third-order valence-corrected chi connectivity index (χ3v) is 4.77. The number of thiazole rings is 1. The van der Waals surface area contributed by atoms with Crippen molar-refractivity contribution in [3.63, 3.8) is 0 Å². The number of carbonyl (C=O) groups is 2. The Kier molecular flexibility index (Phi) is 5.06. The number of nitrogens with zero attached hydrogens (tertiary/aromatic N) is 2. The molecule has 23 heavy (non-hydrogen) atoms. The Hall–Kier alpha value is -1.92. The lowest BCUT2D eigenvalue weighted by Crippen LogP contribution is -2.13. The van der Waals surface area contributed by atoms with Crippen LogP contribution in [0.4, 0.5) is 13.2 Å². The first-order valence-electron chi connectivity index (χ1n) is 6.25. The molecule has 1 heterocycles.